The Hall–Kier alpha value is -4.21. The highest BCUT2D eigenvalue weighted by Crippen LogP contribution is 2.64. The standard InChI is InChI=1S/C35H40N4O5/c1-4-38(5-2)26-18-16-25(17-19-26)37-32(42)30-35-21-20-34(3,44-35)28(31(41)36-24-14-10-7-11-15-24)29(35)33(43)39(30)27(22-40)23-12-8-6-9-13-23/h6-19,27-30,40H,4-5,20-22H2,1-3H3,(H,36,41)(H,37,42)/t27-,28+,29+,30?,34-,35?/m1/s1. The van der Waals surface area contributed by atoms with Crippen molar-refractivity contribution in [1.29, 1.82) is 0 Å². The molecule has 0 radical (unpaired) electrons. The van der Waals surface area contributed by atoms with Gasteiger partial charge in [-0.1, -0.05) is 48.5 Å². The maximum atomic E-state index is 14.6. The van der Waals surface area contributed by atoms with Crippen LogP contribution in [0.1, 0.15) is 45.2 Å². The molecule has 3 aromatic carbocycles. The van der Waals surface area contributed by atoms with Crippen LogP contribution in [0.15, 0.2) is 84.9 Å². The van der Waals surface area contributed by atoms with Crippen LogP contribution < -0.4 is 15.5 Å². The number of nitrogens with zero attached hydrogens (tertiary/aromatic N) is 2. The van der Waals surface area contributed by atoms with Crippen molar-refractivity contribution in [3.63, 3.8) is 0 Å². The lowest BCUT2D eigenvalue weighted by molar-refractivity contribution is -0.147. The average Bonchev–Trinajstić information content (AvgIpc) is 3.61. The van der Waals surface area contributed by atoms with Crippen molar-refractivity contribution >= 4 is 34.8 Å². The Bertz CT molecular complexity index is 1510. The zero-order valence-electron chi connectivity index (χ0n) is 25.4. The van der Waals surface area contributed by atoms with Gasteiger partial charge < -0.3 is 30.3 Å². The summed E-state index contributed by atoms with van der Waals surface area (Å²) in [5.41, 5.74) is 0.823. The SMILES string of the molecule is CCN(CC)c1ccc(NC(=O)C2N([C@H](CO)c3ccccc3)C(=O)[C@@H]3[C@@H](C(=O)Nc4ccccc4)[C@@]4(C)CCC23O4)cc1. The molecule has 0 saturated carbocycles. The van der Waals surface area contributed by atoms with Crippen molar-refractivity contribution in [3.8, 4) is 0 Å². The van der Waals surface area contributed by atoms with Gasteiger partial charge in [-0.15, -0.1) is 0 Å². The molecule has 2 bridgehead atoms. The third-order valence-electron chi connectivity index (χ3n) is 9.74. The second-order valence-electron chi connectivity index (χ2n) is 12.1. The topological polar surface area (TPSA) is 111 Å². The Kier molecular flexibility index (Phi) is 7.94. The van der Waals surface area contributed by atoms with Gasteiger partial charge in [-0.3, -0.25) is 14.4 Å². The fraction of sp³-hybridized carbons (Fsp3) is 0.400. The quantitative estimate of drug-likeness (QED) is 0.315. The average molecular weight is 597 g/mol. The molecule has 44 heavy (non-hydrogen) atoms. The zero-order chi connectivity index (χ0) is 31.1. The van der Waals surface area contributed by atoms with E-state index < -0.39 is 41.0 Å². The highest BCUT2D eigenvalue weighted by atomic mass is 16.5. The lowest BCUT2D eigenvalue weighted by atomic mass is 9.66. The van der Waals surface area contributed by atoms with Crippen LogP contribution in [0, 0.1) is 11.8 Å². The molecule has 0 aromatic heterocycles. The van der Waals surface area contributed by atoms with E-state index in [0.29, 0.717) is 29.8 Å². The normalized spacial score (nSPS) is 27.6. The summed E-state index contributed by atoms with van der Waals surface area (Å²) in [6.07, 6.45) is 0.965. The van der Waals surface area contributed by atoms with Gasteiger partial charge in [0.2, 0.25) is 17.7 Å². The molecule has 6 rings (SSSR count). The number of hydrogen-bond acceptors (Lipinski definition) is 6. The van der Waals surface area contributed by atoms with E-state index in [9.17, 15) is 19.5 Å². The molecule has 3 aliphatic heterocycles. The van der Waals surface area contributed by atoms with Crippen LogP contribution in [0.4, 0.5) is 17.1 Å². The Morgan fingerprint density at radius 3 is 2.11 bits per heavy atom. The molecule has 0 aliphatic carbocycles. The largest absolute Gasteiger partial charge is 0.394 e. The molecule has 3 fully saturated rings. The van der Waals surface area contributed by atoms with Gasteiger partial charge in [0.25, 0.3) is 0 Å². The van der Waals surface area contributed by atoms with Crippen LogP contribution >= 0.6 is 0 Å². The number of carbonyl (C=O) groups is 3. The number of anilines is 3. The third-order valence-corrected chi connectivity index (χ3v) is 9.74. The molecule has 3 saturated heterocycles. The number of aliphatic hydroxyl groups excluding tert-OH is 1. The number of para-hydroxylation sites is 1. The molecule has 3 aliphatic rings. The van der Waals surface area contributed by atoms with Crippen LogP contribution in [0.25, 0.3) is 0 Å². The van der Waals surface area contributed by atoms with Crippen LogP contribution in [0.3, 0.4) is 0 Å². The first-order valence-electron chi connectivity index (χ1n) is 15.5. The second kappa shape index (κ2) is 11.7. The summed E-state index contributed by atoms with van der Waals surface area (Å²) in [7, 11) is 0. The number of aliphatic hydroxyl groups is 1. The summed E-state index contributed by atoms with van der Waals surface area (Å²) < 4.78 is 6.75. The number of nitrogens with one attached hydrogen (secondary N) is 2. The van der Waals surface area contributed by atoms with Crippen molar-refractivity contribution in [2.45, 2.75) is 56.9 Å². The molecule has 1 spiro atoms. The molecule has 9 heteroatoms. The minimum atomic E-state index is -1.22. The van der Waals surface area contributed by atoms with Gasteiger partial charge in [-0.25, -0.2) is 0 Å². The fourth-order valence-corrected chi connectivity index (χ4v) is 7.73. The van der Waals surface area contributed by atoms with Crippen molar-refractivity contribution in [2.24, 2.45) is 11.8 Å². The predicted molar refractivity (Wildman–Crippen MR) is 169 cm³/mol. The summed E-state index contributed by atoms with van der Waals surface area (Å²) in [6.45, 7) is 7.39. The second-order valence-corrected chi connectivity index (χ2v) is 12.1. The summed E-state index contributed by atoms with van der Waals surface area (Å²) in [6, 6.07) is 24.1. The van der Waals surface area contributed by atoms with E-state index in [-0.39, 0.29) is 18.4 Å². The number of fused-ring (bicyclic) bond motifs is 1. The summed E-state index contributed by atoms with van der Waals surface area (Å²) >= 11 is 0. The van der Waals surface area contributed by atoms with E-state index in [2.05, 4.69) is 29.4 Å². The number of amides is 3. The lowest BCUT2D eigenvalue weighted by Crippen LogP contribution is -2.54. The molecule has 3 amide bonds. The molecule has 2 unspecified atom stereocenters. The number of ether oxygens (including phenoxy) is 1. The number of likely N-dealkylation sites (tertiary alicyclic amines) is 1. The van der Waals surface area contributed by atoms with Crippen LogP contribution in [-0.2, 0) is 19.1 Å². The Morgan fingerprint density at radius 1 is 0.909 bits per heavy atom. The number of carbonyl (C=O) groups excluding carboxylic acids is 3. The third kappa shape index (κ3) is 4.84. The van der Waals surface area contributed by atoms with Gasteiger partial charge in [0.05, 0.1) is 30.1 Å². The molecular formula is C35H40N4O5. The monoisotopic (exact) mass is 596 g/mol. The van der Waals surface area contributed by atoms with Crippen molar-refractivity contribution < 1.29 is 24.2 Å². The summed E-state index contributed by atoms with van der Waals surface area (Å²) in [5.74, 6) is -2.77. The smallest absolute Gasteiger partial charge is 0.250 e. The molecule has 6 atom stereocenters. The van der Waals surface area contributed by atoms with Crippen molar-refractivity contribution in [2.75, 3.05) is 35.2 Å². The first-order chi connectivity index (χ1) is 21.3. The maximum absolute atomic E-state index is 14.6. The lowest BCUT2D eigenvalue weighted by Gasteiger charge is -2.37. The Labute approximate surface area is 258 Å². The predicted octanol–water partition coefficient (Wildman–Crippen LogP) is 4.61. The van der Waals surface area contributed by atoms with E-state index in [1.54, 1.807) is 12.1 Å². The summed E-state index contributed by atoms with van der Waals surface area (Å²) in [4.78, 5) is 46.5. The van der Waals surface area contributed by atoms with Crippen molar-refractivity contribution in [1.82, 2.24) is 4.90 Å². The molecule has 9 nitrogen and oxygen atoms in total. The Morgan fingerprint density at radius 2 is 1.50 bits per heavy atom. The first-order valence-corrected chi connectivity index (χ1v) is 15.5. The van der Waals surface area contributed by atoms with E-state index >= 15 is 0 Å². The number of hydrogen-bond donors (Lipinski definition) is 3. The van der Waals surface area contributed by atoms with E-state index in [0.717, 1.165) is 18.8 Å². The summed E-state index contributed by atoms with van der Waals surface area (Å²) in [5, 5.41) is 16.7. The highest BCUT2D eigenvalue weighted by molar-refractivity contribution is 6.05. The van der Waals surface area contributed by atoms with Gasteiger partial charge >= 0.3 is 0 Å². The van der Waals surface area contributed by atoms with E-state index in [1.807, 2.05) is 79.7 Å². The van der Waals surface area contributed by atoms with E-state index in [4.69, 9.17) is 4.74 Å². The number of rotatable bonds is 10. The van der Waals surface area contributed by atoms with Crippen LogP contribution in [0.5, 0.6) is 0 Å². The molecule has 230 valence electrons. The minimum Gasteiger partial charge on any atom is -0.394 e. The van der Waals surface area contributed by atoms with Gasteiger partial charge in [-0.05, 0) is 75.6 Å². The van der Waals surface area contributed by atoms with Crippen LogP contribution in [-0.4, -0.2) is 64.7 Å². The first kappa shape index (κ1) is 29.8. The number of benzene rings is 3. The van der Waals surface area contributed by atoms with Crippen LogP contribution in [0.2, 0.25) is 0 Å². The van der Waals surface area contributed by atoms with Crippen molar-refractivity contribution in [3.05, 3.63) is 90.5 Å². The molecule has 3 N–H and O–H groups in total. The zero-order valence-corrected chi connectivity index (χ0v) is 25.4. The van der Waals surface area contributed by atoms with E-state index in [1.165, 1.54) is 4.90 Å². The molecular weight excluding hydrogens is 556 g/mol. The highest BCUT2D eigenvalue weighted by Gasteiger charge is 2.78. The Balaban J connectivity index is 1.38. The van der Waals surface area contributed by atoms with Gasteiger partial charge in [-0.2, -0.15) is 0 Å². The molecule has 3 heterocycles. The van der Waals surface area contributed by atoms with Gasteiger partial charge in [0.1, 0.15) is 11.6 Å². The fourth-order valence-electron chi connectivity index (χ4n) is 7.73. The van der Waals surface area contributed by atoms with Gasteiger partial charge in [0.15, 0.2) is 0 Å². The maximum Gasteiger partial charge on any atom is 0.250 e. The van der Waals surface area contributed by atoms with Gasteiger partial charge in [0, 0.05) is 30.2 Å². The minimum absolute atomic E-state index is 0.313. The molecule has 3 aromatic rings.